The van der Waals surface area contributed by atoms with E-state index in [1.54, 1.807) is 48.5 Å². The fraction of sp³-hybridized carbons (Fsp3) is 0.444. The van der Waals surface area contributed by atoms with E-state index < -0.39 is 6.10 Å². The summed E-state index contributed by atoms with van der Waals surface area (Å²) in [7, 11) is 0. The van der Waals surface area contributed by atoms with Crippen molar-refractivity contribution >= 4 is 23.3 Å². The lowest BCUT2D eigenvalue weighted by Gasteiger charge is -2.33. The molecule has 3 amide bonds. The van der Waals surface area contributed by atoms with Crippen molar-refractivity contribution in [3.05, 3.63) is 83.9 Å². The second-order valence-corrected chi connectivity index (χ2v) is 11.8. The summed E-state index contributed by atoms with van der Waals surface area (Å²) in [6.07, 6.45) is 6.38. The minimum absolute atomic E-state index is 0.0146. The summed E-state index contributed by atoms with van der Waals surface area (Å²) in [6.45, 7) is 5.54. The molecule has 0 bridgehead atoms. The van der Waals surface area contributed by atoms with Crippen molar-refractivity contribution < 1.29 is 24.5 Å². The maximum absolute atomic E-state index is 13.1. The number of carbonyl (C=O) groups excluding carboxylic acids is 2. The number of nitrogens with one attached hydrogen (secondary N) is 4. The zero-order valence-electron chi connectivity index (χ0n) is 26.8. The van der Waals surface area contributed by atoms with Gasteiger partial charge in [0.1, 0.15) is 24.2 Å². The van der Waals surface area contributed by atoms with Gasteiger partial charge in [0, 0.05) is 49.2 Å². The predicted octanol–water partition coefficient (Wildman–Crippen LogP) is 5.38. The summed E-state index contributed by atoms with van der Waals surface area (Å²) < 4.78 is 5.54. The molecule has 1 heterocycles. The lowest BCUT2D eigenvalue weighted by Crippen LogP contribution is -2.42. The van der Waals surface area contributed by atoms with Crippen LogP contribution in [0.15, 0.2) is 72.8 Å². The molecule has 4 rings (SSSR count). The molecule has 3 aromatic carbocycles. The highest BCUT2D eigenvalue weighted by Gasteiger charge is 2.23. The number of nitrogens with zero attached hydrogens (tertiary/aromatic N) is 1. The third-order valence-electron chi connectivity index (χ3n) is 8.06. The van der Waals surface area contributed by atoms with Gasteiger partial charge in [-0.2, -0.15) is 0 Å². The molecule has 1 fully saturated rings. The fourth-order valence-corrected chi connectivity index (χ4v) is 5.33. The van der Waals surface area contributed by atoms with Gasteiger partial charge in [0.2, 0.25) is 0 Å². The van der Waals surface area contributed by atoms with Crippen LogP contribution in [0.3, 0.4) is 0 Å². The molecule has 6 N–H and O–H groups in total. The van der Waals surface area contributed by atoms with Crippen molar-refractivity contribution in [3.8, 4) is 11.5 Å². The highest BCUT2D eigenvalue weighted by molar-refractivity contribution is 5.95. The number of hydrogen-bond donors (Lipinski definition) is 6. The smallest absolute Gasteiger partial charge is 0.319 e. The van der Waals surface area contributed by atoms with Gasteiger partial charge in [-0.05, 0) is 98.5 Å². The molecule has 46 heavy (non-hydrogen) atoms. The van der Waals surface area contributed by atoms with Gasteiger partial charge in [0.15, 0.2) is 0 Å². The first kappa shape index (κ1) is 34.6. The zero-order valence-corrected chi connectivity index (χ0v) is 26.8. The average Bonchev–Trinajstić information content (AvgIpc) is 3.07. The van der Waals surface area contributed by atoms with Crippen molar-refractivity contribution in [2.24, 2.45) is 0 Å². The van der Waals surface area contributed by atoms with Gasteiger partial charge in [-0.3, -0.25) is 4.79 Å². The highest BCUT2D eigenvalue weighted by Crippen LogP contribution is 2.20. The van der Waals surface area contributed by atoms with Crippen molar-refractivity contribution in [2.75, 3.05) is 50.0 Å². The number of carbonyl (C=O) groups is 2. The average molecular weight is 632 g/mol. The Labute approximate surface area is 272 Å². The quantitative estimate of drug-likeness (QED) is 0.110. The van der Waals surface area contributed by atoms with E-state index in [9.17, 15) is 19.8 Å². The molecule has 0 saturated carbocycles. The van der Waals surface area contributed by atoms with Gasteiger partial charge in [-0.1, -0.05) is 38.3 Å². The Morgan fingerprint density at radius 3 is 2.28 bits per heavy atom. The number of amides is 3. The Balaban J connectivity index is 1.09. The van der Waals surface area contributed by atoms with E-state index in [1.807, 2.05) is 4.90 Å². The van der Waals surface area contributed by atoms with Crippen LogP contribution in [-0.4, -0.2) is 78.5 Å². The number of benzene rings is 3. The number of aromatic hydroxyl groups is 1. The van der Waals surface area contributed by atoms with E-state index in [-0.39, 0.29) is 24.3 Å². The van der Waals surface area contributed by atoms with Gasteiger partial charge in [0.25, 0.3) is 5.91 Å². The summed E-state index contributed by atoms with van der Waals surface area (Å²) in [5.41, 5.74) is 3.56. The highest BCUT2D eigenvalue weighted by atomic mass is 16.5. The SMILES string of the molecule is CCCCCCNC(=O)Nc1ccc(C(=O)N2CCC(Nc3ccc(CCNC[C@H](O)COc4ccc(O)cc4)cc3)CC2)cc1. The number of ether oxygens (including phenoxy) is 1. The fourth-order valence-electron chi connectivity index (χ4n) is 5.33. The van der Waals surface area contributed by atoms with Crippen LogP contribution >= 0.6 is 0 Å². The Bertz CT molecular complexity index is 1330. The number of unbranched alkanes of at least 4 members (excludes halogenated alkanes) is 3. The Kier molecular flexibility index (Phi) is 14.0. The molecule has 10 nitrogen and oxygen atoms in total. The van der Waals surface area contributed by atoms with E-state index in [0.29, 0.717) is 49.2 Å². The molecule has 0 aliphatic carbocycles. The molecule has 0 radical (unpaired) electrons. The summed E-state index contributed by atoms with van der Waals surface area (Å²) in [6, 6.07) is 22.0. The first-order valence-corrected chi connectivity index (χ1v) is 16.5. The molecule has 3 aromatic rings. The number of aliphatic hydroxyl groups excluding tert-OH is 1. The van der Waals surface area contributed by atoms with Crippen LogP contribution in [0.2, 0.25) is 0 Å². The van der Waals surface area contributed by atoms with Gasteiger partial charge in [0.05, 0.1) is 0 Å². The van der Waals surface area contributed by atoms with Crippen molar-refractivity contribution in [3.63, 3.8) is 0 Å². The zero-order chi connectivity index (χ0) is 32.6. The Morgan fingerprint density at radius 1 is 0.891 bits per heavy atom. The number of aliphatic hydroxyl groups is 1. The monoisotopic (exact) mass is 631 g/mol. The maximum atomic E-state index is 13.1. The minimum Gasteiger partial charge on any atom is -0.508 e. The van der Waals surface area contributed by atoms with Gasteiger partial charge in [-0.25, -0.2) is 4.79 Å². The second-order valence-electron chi connectivity index (χ2n) is 11.8. The van der Waals surface area contributed by atoms with Crippen molar-refractivity contribution in [1.82, 2.24) is 15.5 Å². The maximum Gasteiger partial charge on any atom is 0.319 e. The summed E-state index contributed by atoms with van der Waals surface area (Å²) >= 11 is 0. The van der Waals surface area contributed by atoms with Crippen LogP contribution < -0.4 is 26.0 Å². The molecule has 1 atom stereocenters. The van der Waals surface area contributed by atoms with Crippen molar-refractivity contribution in [1.29, 1.82) is 0 Å². The number of phenolic OH excluding ortho intramolecular Hbond substituents is 1. The number of piperidine rings is 1. The van der Waals surface area contributed by atoms with E-state index in [1.165, 1.54) is 18.4 Å². The molecule has 1 aliphatic rings. The Morgan fingerprint density at radius 2 is 1.59 bits per heavy atom. The predicted molar refractivity (Wildman–Crippen MR) is 183 cm³/mol. The number of hydrogen-bond acceptors (Lipinski definition) is 7. The van der Waals surface area contributed by atoms with E-state index in [0.717, 1.165) is 44.3 Å². The number of rotatable bonds is 17. The number of anilines is 2. The molecular weight excluding hydrogens is 582 g/mol. The van der Waals surface area contributed by atoms with E-state index >= 15 is 0 Å². The van der Waals surface area contributed by atoms with Gasteiger partial charge in [-0.15, -0.1) is 0 Å². The molecular formula is C36H49N5O5. The van der Waals surface area contributed by atoms with Gasteiger partial charge >= 0.3 is 6.03 Å². The third kappa shape index (κ3) is 11.9. The molecule has 1 aliphatic heterocycles. The molecule has 0 unspecified atom stereocenters. The Hall–Kier alpha value is -4.28. The van der Waals surface area contributed by atoms with Crippen LogP contribution in [0.5, 0.6) is 11.5 Å². The summed E-state index contributed by atoms with van der Waals surface area (Å²) in [4.78, 5) is 27.1. The van der Waals surface area contributed by atoms with Crippen LogP contribution in [0, 0.1) is 0 Å². The molecule has 1 saturated heterocycles. The normalized spacial score (nSPS) is 14.0. The largest absolute Gasteiger partial charge is 0.508 e. The molecule has 0 spiro atoms. The van der Waals surface area contributed by atoms with E-state index in [2.05, 4.69) is 52.5 Å². The topological polar surface area (TPSA) is 135 Å². The molecule has 10 heteroatoms. The first-order chi connectivity index (χ1) is 22.4. The number of likely N-dealkylation sites (tertiary alicyclic amines) is 1. The summed E-state index contributed by atoms with van der Waals surface area (Å²) in [5.74, 6) is 0.800. The van der Waals surface area contributed by atoms with Crippen molar-refractivity contribution in [2.45, 2.75) is 64.0 Å². The van der Waals surface area contributed by atoms with Crippen LogP contribution in [0.1, 0.15) is 61.4 Å². The first-order valence-electron chi connectivity index (χ1n) is 16.5. The lowest BCUT2D eigenvalue weighted by atomic mass is 10.0. The number of phenols is 1. The molecule has 0 aromatic heterocycles. The minimum atomic E-state index is -0.630. The lowest BCUT2D eigenvalue weighted by molar-refractivity contribution is 0.0718. The third-order valence-corrected chi connectivity index (χ3v) is 8.06. The second kappa shape index (κ2) is 18.6. The van der Waals surface area contributed by atoms with Gasteiger partial charge < -0.3 is 41.1 Å². The number of urea groups is 1. The van der Waals surface area contributed by atoms with E-state index in [4.69, 9.17) is 4.74 Å². The van der Waals surface area contributed by atoms with Crippen LogP contribution in [-0.2, 0) is 6.42 Å². The summed E-state index contributed by atoms with van der Waals surface area (Å²) in [5, 5.41) is 32.1. The van der Waals surface area contributed by atoms with Crippen LogP contribution in [0.25, 0.3) is 0 Å². The standard InChI is InChI=1S/C36H49N5O5/c1-2-3-4-5-21-38-36(45)40-30-12-8-28(9-13-30)35(44)41-23-19-31(20-24-41)39-29-10-6-27(7-11-29)18-22-37-25-33(43)26-46-34-16-14-32(42)15-17-34/h6-17,31,33,37,39,42-43H,2-5,18-26H2,1H3,(H2,38,40,45)/t33-/m0/s1. The molecule has 248 valence electrons. The van der Waals surface area contributed by atoms with Crippen LogP contribution in [0.4, 0.5) is 16.2 Å².